The van der Waals surface area contributed by atoms with Gasteiger partial charge in [0, 0.05) is 19.3 Å². The van der Waals surface area contributed by atoms with Crippen LogP contribution >= 0.6 is 0 Å². The van der Waals surface area contributed by atoms with Crippen molar-refractivity contribution in [2.75, 3.05) is 13.1 Å². The molecule has 1 aromatic heterocycles. The SMILES string of the molecule is CCC1CCN(C(=O)OCc2ccccn2)CC1. The van der Waals surface area contributed by atoms with Gasteiger partial charge in [-0.2, -0.15) is 0 Å². The number of amides is 1. The van der Waals surface area contributed by atoms with Gasteiger partial charge in [-0.05, 0) is 30.9 Å². The lowest BCUT2D eigenvalue weighted by Gasteiger charge is -2.30. The first-order valence-corrected chi connectivity index (χ1v) is 6.61. The fourth-order valence-corrected chi connectivity index (χ4v) is 2.23. The lowest BCUT2D eigenvalue weighted by atomic mass is 9.95. The molecule has 0 radical (unpaired) electrons. The Morgan fingerprint density at radius 1 is 1.44 bits per heavy atom. The predicted molar refractivity (Wildman–Crippen MR) is 69.0 cm³/mol. The number of rotatable bonds is 3. The van der Waals surface area contributed by atoms with Gasteiger partial charge >= 0.3 is 6.09 Å². The maximum Gasteiger partial charge on any atom is 0.410 e. The van der Waals surface area contributed by atoms with E-state index in [4.69, 9.17) is 4.74 Å². The van der Waals surface area contributed by atoms with Crippen LogP contribution in [0.15, 0.2) is 24.4 Å². The fourth-order valence-electron chi connectivity index (χ4n) is 2.23. The number of aromatic nitrogens is 1. The number of ether oxygens (including phenoxy) is 1. The van der Waals surface area contributed by atoms with Gasteiger partial charge in [-0.25, -0.2) is 4.79 Å². The second-order valence-electron chi connectivity index (χ2n) is 4.71. The highest BCUT2D eigenvalue weighted by Crippen LogP contribution is 2.20. The Morgan fingerprint density at radius 3 is 2.83 bits per heavy atom. The zero-order valence-corrected chi connectivity index (χ0v) is 10.8. The van der Waals surface area contributed by atoms with Crippen molar-refractivity contribution >= 4 is 6.09 Å². The normalized spacial score (nSPS) is 16.6. The van der Waals surface area contributed by atoms with E-state index < -0.39 is 0 Å². The summed E-state index contributed by atoms with van der Waals surface area (Å²) < 4.78 is 5.26. The summed E-state index contributed by atoms with van der Waals surface area (Å²) in [5.41, 5.74) is 0.786. The van der Waals surface area contributed by atoms with Crippen LogP contribution in [0.4, 0.5) is 4.79 Å². The summed E-state index contributed by atoms with van der Waals surface area (Å²) >= 11 is 0. The van der Waals surface area contributed by atoms with E-state index in [1.54, 1.807) is 11.1 Å². The van der Waals surface area contributed by atoms with Crippen LogP contribution in [0.3, 0.4) is 0 Å². The third kappa shape index (κ3) is 3.45. The van der Waals surface area contributed by atoms with E-state index in [2.05, 4.69) is 11.9 Å². The van der Waals surface area contributed by atoms with E-state index in [1.165, 1.54) is 6.42 Å². The molecule has 98 valence electrons. The molecule has 1 amide bonds. The fraction of sp³-hybridized carbons (Fsp3) is 0.571. The summed E-state index contributed by atoms with van der Waals surface area (Å²) in [6.07, 6.45) is 4.88. The van der Waals surface area contributed by atoms with Gasteiger partial charge in [-0.1, -0.05) is 19.4 Å². The summed E-state index contributed by atoms with van der Waals surface area (Å²) in [6.45, 7) is 4.10. The van der Waals surface area contributed by atoms with Crippen LogP contribution in [0.2, 0.25) is 0 Å². The maximum absolute atomic E-state index is 11.8. The molecule has 4 heteroatoms. The monoisotopic (exact) mass is 248 g/mol. The Balaban J connectivity index is 1.75. The number of carbonyl (C=O) groups is 1. The molecule has 1 fully saturated rings. The predicted octanol–water partition coefficient (Wildman–Crippen LogP) is 2.84. The summed E-state index contributed by atoms with van der Waals surface area (Å²) in [5, 5.41) is 0. The van der Waals surface area contributed by atoms with Crippen LogP contribution in [-0.4, -0.2) is 29.1 Å². The Kier molecular flexibility index (Phi) is 4.56. The van der Waals surface area contributed by atoms with Crippen molar-refractivity contribution in [3.05, 3.63) is 30.1 Å². The van der Waals surface area contributed by atoms with E-state index in [-0.39, 0.29) is 12.7 Å². The molecule has 0 unspecified atom stereocenters. The third-order valence-electron chi connectivity index (χ3n) is 3.52. The smallest absolute Gasteiger partial charge is 0.410 e. The minimum absolute atomic E-state index is 0.213. The van der Waals surface area contributed by atoms with Crippen molar-refractivity contribution in [3.63, 3.8) is 0 Å². The van der Waals surface area contributed by atoms with Gasteiger partial charge in [0.05, 0.1) is 5.69 Å². The van der Waals surface area contributed by atoms with E-state index in [0.717, 1.165) is 37.5 Å². The van der Waals surface area contributed by atoms with Crippen LogP contribution in [0.1, 0.15) is 31.9 Å². The topological polar surface area (TPSA) is 42.4 Å². The highest BCUT2D eigenvalue weighted by atomic mass is 16.6. The minimum atomic E-state index is -0.213. The molecule has 0 spiro atoms. The van der Waals surface area contributed by atoms with E-state index in [1.807, 2.05) is 18.2 Å². The first kappa shape index (κ1) is 12.9. The lowest BCUT2D eigenvalue weighted by Crippen LogP contribution is -2.38. The molecule has 18 heavy (non-hydrogen) atoms. The number of carbonyl (C=O) groups excluding carboxylic acids is 1. The molecule has 1 saturated heterocycles. The van der Waals surface area contributed by atoms with E-state index >= 15 is 0 Å². The Morgan fingerprint density at radius 2 is 2.22 bits per heavy atom. The minimum Gasteiger partial charge on any atom is -0.443 e. The van der Waals surface area contributed by atoms with Gasteiger partial charge in [0.2, 0.25) is 0 Å². The van der Waals surface area contributed by atoms with E-state index in [9.17, 15) is 4.79 Å². The van der Waals surface area contributed by atoms with Gasteiger partial charge in [0.1, 0.15) is 6.61 Å². The summed E-state index contributed by atoms with van der Waals surface area (Å²) in [7, 11) is 0. The van der Waals surface area contributed by atoms with Gasteiger partial charge < -0.3 is 9.64 Å². The van der Waals surface area contributed by atoms with Crippen molar-refractivity contribution in [2.24, 2.45) is 5.92 Å². The second kappa shape index (κ2) is 6.38. The zero-order valence-electron chi connectivity index (χ0n) is 10.8. The lowest BCUT2D eigenvalue weighted by molar-refractivity contribution is 0.0810. The number of hydrogen-bond donors (Lipinski definition) is 0. The van der Waals surface area contributed by atoms with Crippen LogP contribution in [0.5, 0.6) is 0 Å². The highest BCUT2D eigenvalue weighted by Gasteiger charge is 2.22. The molecule has 0 N–H and O–H groups in total. The van der Waals surface area contributed by atoms with Gasteiger partial charge in [0.15, 0.2) is 0 Å². The average Bonchev–Trinajstić information content (AvgIpc) is 2.46. The molecule has 2 heterocycles. The molecule has 2 rings (SSSR count). The molecular weight excluding hydrogens is 228 g/mol. The number of pyridine rings is 1. The molecule has 0 saturated carbocycles. The number of nitrogens with zero attached hydrogens (tertiary/aromatic N) is 2. The molecule has 0 aromatic carbocycles. The standard InChI is InChI=1S/C14H20N2O2/c1-2-12-6-9-16(10-7-12)14(17)18-11-13-5-3-4-8-15-13/h3-5,8,12H,2,6-7,9-11H2,1H3. The van der Waals surface area contributed by atoms with Crippen LogP contribution in [0.25, 0.3) is 0 Å². The van der Waals surface area contributed by atoms with Crippen LogP contribution in [-0.2, 0) is 11.3 Å². The van der Waals surface area contributed by atoms with Gasteiger partial charge in [-0.3, -0.25) is 4.98 Å². The molecule has 1 aromatic rings. The first-order chi connectivity index (χ1) is 8.79. The molecule has 0 bridgehead atoms. The Hall–Kier alpha value is -1.58. The van der Waals surface area contributed by atoms with Crippen molar-refractivity contribution < 1.29 is 9.53 Å². The van der Waals surface area contributed by atoms with Crippen LogP contribution in [0, 0.1) is 5.92 Å². The molecule has 1 aliphatic heterocycles. The highest BCUT2D eigenvalue weighted by molar-refractivity contribution is 5.67. The number of hydrogen-bond acceptors (Lipinski definition) is 3. The zero-order chi connectivity index (χ0) is 12.8. The first-order valence-electron chi connectivity index (χ1n) is 6.61. The maximum atomic E-state index is 11.8. The molecule has 1 aliphatic rings. The number of likely N-dealkylation sites (tertiary alicyclic amines) is 1. The Labute approximate surface area is 108 Å². The summed E-state index contributed by atoms with van der Waals surface area (Å²) in [5.74, 6) is 0.768. The second-order valence-corrected chi connectivity index (χ2v) is 4.71. The van der Waals surface area contributed by atoms with Crippen molar-refractivity contribution in [1.82, 2.24) is 9.88 Å². The quantitative estimate of drug-likeness (QED) is 0.826. The van der Waals surface area contributed by atoms with Crippen molar-refractivity contribution in [1.29, 1.82) is 0 Å². The summed E-state index contributed by atoms with van der Waals surface area (Å²) in [4.78, 5) is 17.8. The van der Waals surface area contributed by atoms with Gasteiger partial charge in [0.25, 0.3) is 0 Å². The summed E-state index contributed by atoms with van der Waals surface area (Å²) in [6, 6.07) is 5.60. The molecule has 0 atom stereocenters. The van der Waals surface area contributed by atoms with E-state index in [0.29, 0.717) is 0 Å². The molecule has 4 nitrogen and oxygen atoms in total. The van der Waals surface area contributed by atoms with Crippen LogP contribution < -0.4 is 0 Å². The third-order valence-corrected chi connectivity index (χ3v) is 3.52. The molecule has 0 aliphatic carbocycles. The Bertz CT molecular complexity index is 373. The van der Waals surface area contributed by atoms with Crippen molar-refractivity contribution in [3.8, 4) is 0 Å². The molecular formula is C14H20N2O2. The average molecular weight is 248 g/mol. The largest absolute Gasteiger partial charge is 0.443 e. The van der Waals surface area contributed by atoms with Gasteiger partial charge in [-0.15, -0.1) is 0 Å². The van der Waals surface area contributed by atoms with Crippen molar-refractivity contribution in [2.45, 2.75) is 32.8 Å². The number of piperidine rings is 1.